The molecule has 0 saturated carbocycles. The average molecular weight is 245 g/mol. The Morgan fingerprint density at radius 2 is 2.25 bits per heavy atom. The molecule has 0 saturated heterocycles. The molecule has 0 radical (unpaired) electrons. The Bertz CT molecular complexity index is 284. The van der Waals surface area contributed by atoms with E-state index in [1.807, 2.05) is 0 Å². The van der Waals surface area contributed by atoms with E-state index >= 15 is 0 Å². The molecule has 4 heteroatoms. The number of rotatable bonds is 7. The van der Waals surface area contributed by atoms with Gasteiger partial charge in [-0.1, -0.05) is 13.3 Å². The van der Waals surface area contributed by atoms with Crippen molar-refractivity contribution in [1.29, 1.82) is 0 Å². The molecule has 0 amide bonds. The van der Waals surface area contributed by atoms with Crippen molar-refractivity contribution < 1.29 is 4.39 Å². The van der Waals surface area contributed by atoms with Gasteiger partial charge in [0.15, 0.2) is 0 Å². The van der Waals surface area contributed by atoms with E-state index in [0.29, 0.717) is 11.8 Å². The summed E-state index contributed by atoms with van der Waals surface area (Å²) in [7, 11) is 0. The molecule has 1 rings (SSSR count). The summed E-state index contributed by atoms with van der Waals surface area (Å²) in [5.74, 6) is 1.66. The minimum absolute atomic E-state index is 0.309. The molecule has 1 N–H and O–H groups in total. The van der Waals surface area contributed by atoms with Gasteiger partial charge in [0.2, 0.25) is 0 Å². The maximum atomic E-state index is 12.6. The van der Waals surface area contributed by atoms with Gasteiger partial charge >= 0.3 is 0 Å². The molecule has 2 nitrogen and oxygen atoms in total. The molecule has 1 heterocycles. The summed E-state index contributed by atoms with van der Waals surface area (Å²) in [6, 6.07) is 3.06. The standard InChI is InChI=1S/C12H18ClFN2/c1-2-3-10(6-7-13)8-15-12-5-4-11(14)9-16-12/h4-5,9-10H,2-3,6-8H2,1H3,(H,15,16). The Balaban J connectivity index is 2.38. The van der Waals surface area contributed by atoms with E-state index in [-0.39, 0.29) is 5.82 Å². The number of halogens is 2. The summed E-state index contributed by atoms with van der Waals surface area (Å²) < 4.78 is 12.6. The van der Waals surface area contributed by atoms with Gasteiger partial charge in [0.1, 0.15) is 11.6 Å². The van der Waals surface area contributed by atoms with E-state index in [0.717, 1.165) is 31.6 Å². The highest BCUT2D eigenvalue weighted by atomic mass is 35.5. The average Bonchev–Trinajstić information content (AvgIpc) is 2.29. The van der Waals surface area contributed by atoms with Crippen LogP contribution >= 0.6 is 11.6 Å². The van der Waals surface area contributed by atoms with Gasteiger partial charge in [-0.25, -0.2) is 9.37 Å². The molecule has 0 spiro atoms. The highest BCUT2D eigenvalue weighted by molar-refractivity contribution is 6.17. The molecule has 0 aliphatic carbocycles. The maximum absolute atomic E-state index is 12.6. The van der Waals surface area contributed by atoms with Crippen LogP contribution in [0.15, 0.2) is 18.3 Å². The summed E-state index contributed by atoms with van der Waals surface area (Å²) in [6.45, 7) is 3.01. The van der Waals surface area contributed by atoms with Crippen LogP contribution < -0.4 is 5.32 Å². The molecule has 0 aromatic carbocycles. The zero-order chi connectivity index (χ0) is 11.8. The van der Waals surface area contributed by atoms with Crippen LogP contribution in [-0.2, 0) is 0 Å². The van der Waals surface area contributed by atoms with Crippen molar-refractivity contribution in [3.05, 3.63) is 24.1 Å². The van der Waals surface area contributed by atoms with E-state index in [1.54, 1.807) is 6.07 Å². The van der Waals surface area contributed by atoms with E-state index in [2.05, 4.69) is 17.2 Å². The van der Waals surface area contributed by atoms with Gasteiger partial charge in [-0.05, 0) is 30.9 Å². The second-order valence-electron chi connectivity index (χ2n) is 3.87. The molecule has 1 aromatic heterocycles. The van der Waals surface area contributed by atoms with Gasteiger partial charge in [-0.15, -0.1) is 11.6 Å². The summed E-state index contributed by atoms with van der Waals surface area (Å²) in [5, 5.41) is 3.21. The lowest BCUT2D eigenvalue weighted by Crippen LogP contribution is -2.15. The first-order valence-electron chi connectivity index (χ1n) is 5.67. The van der Waals surface area contributed by atoms with Gasteiger partial charge in [-0.2, -0.15) is 0 Å². The minimum atomic E-state index is -0.309. The van der Waals surface area contributed by atoms with Crippen molar-refractivity contribution in [2.24, 2.45) is 5.92 Å². The zero-order valence-electron chi connectivity index (χ0n) is 9.55. The van der Waals surface area contributed by atoms with Crippen molar-refractivity contribution in [3.8, 4) is 0 Å². The number of alkyl halides is 1. The molecule has 0 fully saturated rings. The number of hydrogen-bond acceptors (Lipinski definition) is 2. The Labute approximate surface area is 101 Å². The van der Waals surface area contributed by atoms with Crippen molar-refractivity contribution >= 4 is 17.4 Å². The number of pyridine rings is 1. The molecule has 1 atom stereocenters. The summed E-state index contributed by atoms with van der Waals surface area (Å²) in [4.78, 5) is 3.95. The van der Waals surface area contributed by atoms with Crippen LogP contribution in [0, 0.1) is 11.7 Å². The molecule has 1 aromatic rings. The van der Waals surface area contributed by atoms with Crippen molar-refractivity contribution in [1.82, 2.24) is 4.98 Å². The van der Waals surface area contributed by atoms with E-state index < -0.39 is 0 Å². The molecule has 16 heavy (non-hydrogen) atoms. The van der Waals surface area contributed by atoms with Gasteiger partial charge < -0.3 is 5.32 Å². The molecule has 0 aliphatic rings. The number of nitrogens with one attached hydrogen (secondary N) is 1. The number of aromatic nitrogens is 1. The normalized spacial score (nSPS) is 12.4. The molecular weight excluding hydrogens is 227 g/mol. The van der Waals surface area contributed by atoms with Gasteiger partial charge in [0.25, 0.3) is 0 Å². The highest BCUT2D eigenvalue weighted by Gasteiger charge is 2.07. The van der Waals surface area contributed by atoms with Crippen molar-refractivity contribution in [3.63, 3.8) is 0 Å². The Morgan fingerprint density at radius 1 is 1.44 bits per heavy atom. The van der Waals surface area contributed by atoms with Crippen LogP contribution in [-0.4, -0.2) is 17.4 Å². The van der Waals surface area contributed by atoms with Gasteiger partial charge in [0, 0.05) is 12.4 Å². The topological polar surface area (TPSA) is 24.9 Å². The highest BCUT2D eigenvalue weighted by Crippen LogP contribution is 2.13. The smallest absolute Gasteiger partial charge is 0.141 e. The summed E-state index contributed by atoms with van der Waals surface area (Å²) in [6.07, 6.45) is 4.53. The monoisotopic (exact) mass is 244 g/mol. The van der Waals surface area contributed by atoms with E-state index in [4.69, 9.17) is 11.6 Å². The summed E-state index contributed by atoms with van der Waals surface area (Å²) >= 11 is 5.74. The first-order valence-corrected chi connectivity index (χ1v) is 6.21. The van der Waals surface area contributed by atoms with Crippen LogP contribution in [0.5, 0.6) is 0 Å². The molecule has 1 unspecified atom stereocenters. The minimum Gasteiger partial charge on any atom is -0.370 e. The second-order valence-corrected chi connectivity index (χ2v) is 4.25. The molecule has 0 aliphatic heterocycles. The largest absolute Gasteiger partial charge is 0.370 e. The predicted molar refractivity (Wildman–Crippen MR) is 66.4 cm³/mol. The Morgan fingerprint density at radius 3 is 2.81 bits per heavy atom. The van der Waals surface area contributed by atoms with E-state index in [9.17, 15) is 4.39 Å². The fraction of sp³-hybridized carbons (Fsp3) is 0.583. The number of hydrogen-bond donors (Lipinski definition) is 1. The third-order valence-corrected chi connectivity index (χ3v) is 2.73. The van der Waals surface area contributed by atoms with Crippen LogP contribution in [0.25, 0.3) is 0 Å². The Kier molecular flexibility index (Phi) is 6.16. The van der Waals surface area contributed by atoms with Crippen LogP contribution in [0.4, 0.5) is 10.2 Å². The van der Waals surface area contributed by atoms with Crippen molar-refractivity contribution in [2.75, 3.05) is 17.7 Å². The molecular formula is C12H18ClFN2. The van der Waals surface area contributed by atoms with Gasteiger partial charge in [-0.3, -0.25) is 0 Å². The number of anilines is 1. The zero-order valence-corrected chi connectivity index (χ0v) is 10.3. The first-order chi connectivity index (χ1) is 7.76. The SMILES string of the molecule is CCCC(CCCl)CNc1ccc(F)cn1. The second kappa shape index (κ2) is 7.44. The van der Waals surface area contributed by atoms with Crippen molar-refractivity contribution in [2.45, 2.75) is 26.2 Å². The predicted octanol–water partition coefficient (Wildman–Crippen LogP) is 3.68. The fourth-order valence-electron chi connectivity index (χ4n) is 1.64. The quantitative estimate of drug-likeness (QED) is 0.741. The van der Waals surface area contributed by atoms with Crippen LogP contribution in [0.1, 0.15) is 26.2 Å². The fourth-order valence-corrected chi connectivity index (χ4v) is 1.95. The number of nitrogens with zero attached hydrogens (tertiary/aromatic N) is 1. The maximum Gasteiger partial charge on any atom is 0.141 e. The Hall–Kier alpha value is -0.830. The van der Waals surface area contributed by atoms with E-state index in [1.165, 1.54) is 12.3 Å². The lowest BCUT2D eigenvalue weighted by atomic mass is 10.0. The third kappa shape index (κ3) is 4.79. The van der Waals surface area contributed by atoms with Crippen LogP contribution in [0.2, 0.25) is 0 Å². The van der Waals surface area contributed by atoms with Crippen LogP contribution in [0.3, 0.4) is 0 Å². The summed E-state index contributed by atoms with van der Waals surface area (Å²) in [5.41, 5.74) is 0. The first kappa shape index (κ1) is 13.2. The van der Waals surface area contributed by atoms with Gasteiger partial charge in [0.05, 0.1) is 6.20 Å². The third-order valence-electron chi connectivity index (χ3n) is 2.51. The lowest BCUT2D eigenvalue weighted by Gasteiger charge is -2.15. The molecule has 90 valence electrons. The molecule has 0 bridgehead atoms. The lowest BCUT2D eigenvalue weighted by molar-refractivity contribution is 0.489.